The third-order valence-corrected chi connectivity index (χ3v) is 5.63. The number of rotatable bonds is 8. The molecule has 6 nitrogen and oxygen atoms in total. The lowest BCUT2D eigenvalue weighted by Gasteiger charge is -2.10. The van der Waals surface area contributed by atoms with E-state index < -0.39 is 22.6 Å². The van der Waals surface area contributed by atoms with Crippen molar-refractivity contribution < 1.29 is 22.7 Å². The molecule has 0 amide bonds. The first-order valence-electron chi connectivity index (χ1n) is 9.06. The molecule has 0 aliphatic carbocycles. The smallest absolute Gasteiger partial charge is 0.338 e. The second kappa shape index (κ2) is 9.12. The molecule has 0 atom stereocenters. The number of ether oxygens (including phenoxy) is 1. The van der Waals surface area contributed by atoms with Gasteiger partial charge in [0.15, 0.2) is 12.4 Å². The number of carbonyl (C=O) groups excluding carboxylic acids is 2. The van der Waals surface area contributed by atoms with Crippen molar-refractivity contribution in [2.45, 2.75) is 44.9 Å². The highest BCUT2D eigenvalue weighted by atomic mass is 32.2. The van der Waals surface area contributed by atoms with E-state index >= 15 is 0 Å². The summed E-state index contributed by atoms with van der Waals surface area (Å²) in [5.74, 6) is -1.10. The lowest BCUT2D eigenvalue weighted by Crippen LogP contribution is -2.18. The maximum absolute atomic E-state index is 12.3. The number of Topliss-reactive ketones (excluding diaryl/α,β-unsaturated/α-hetero) is 1. The van der Waals surface area contributed by atoms with Crippen LogP contribution in [-0.4, -0.2) is 26.8 Å². The standard InChI is InChI=1S/C21H25NO5S/c1-4-5-6-16-7-9-17(10-8-16)19(23)13-27-21(24)18-11-14(2)15(3)20(12-18)28(22,25)26/h7-12H,4-6,13H2,1-3H3,(H2,22,25,26). The Labute approximate surface area is 165 Å². The van der Waals surface area contributed by atoms with Crippen LogP contribution in [0, 0.1) is 13.8 Å². The van der Waals surface area contributed by atoms with E-state index in [2.05, 4.69) is 6.92 Å². The fourth-order valence-electron chi connectivity index (χ4n) is 2.78. The highest BCUT2D eigenvalue weighted by Gasteiger charge is 2.19. The van der Waals surface area contributed by atoms with E-state index in [-0.39, 0.29) is 16.2 Å². The first-order valence-corrected chi connectivity index (χ1v) is 10.6. The summed E-state index contributed by atoms with van der Waals surface area (Å²) < 4.78 is 28.5. The maximum Gasteiger partial charge on any atom is 0.338 e. The Balaban J connectivity index is 2.07. The highest BCUT2D eigenvalue weighted by Crippen LogP contribution is 2.20. The van der Waals surface area contributed by atoms with E-state index in [4.69, 9.17) is 9.88 Å². The largest absolute Gasteiger partial charge is 0.454 e. The number of nitrogens with two attached hydrogens (primary N) is 1. The number of carbonyl (C=O) groups is 2. The van der Waals surface area contributed by atoms with E-state index in [1.165, 1.54) is 12.1 Å². The molecule has 0 spiro atoms. The predicted octanol–water partition coefficient (Wildman–Crippen LogP) is 3.33. The minimum atomic E-state index is -3.97. The summed E-state index contributed by atoms with van der Waals surface area (Å²) in [6.07, 6.45) is 3.14. The molecule has 0 aliphatic heterocycles. The lowest BCUT2D eigenvalue weighted by atomic mass is 10.0. The van der Waals surface area contributed by atoms with Gasteiger partial charge in [0, 0.05) is 5.56 Å². The topological polar surface area (TPSA) is 104 Å². The lowest BCUT2D eigenvalue weighted by molar-refractivity contribution is 0.0474. The van der Waals surface area contributed by atoms with Crippen LogP contribution in [0.25, 0.3) is 0 Å². The molecule has 0 unspecified atom stereocenters. The molecule has 0 fully saturated rings. The second-order valence-electron chi connectivity index (χ2n) is 6.76. The summed E-state index contributed by atoms with van der Waals surface area (Å²) in [5.41, 5.74) is 2.71. The molecule has 0 saturated heterocycles. The van der Waals surface area contributed by atoms with Crippen molar-refractivity contribution in [3.05, 3.63) is 64.2 Å². The van der Waals surface area contributed by atoms with Crippen molar-refractivity contribution in [3.8, 4) is 0 Å². The Kier molecular flexibility index (Phi) is 7.10. The van der Waals surface area contributed by atoms with Crippen LogP contribution >= 0.6 is 0 Å². The van der Waals surface area contributed by atoms with E-state index in [0.29, 0.717) is 16.7 Å². The van der Waals surface area contributed by atoms with Crippen molar-refractivity contribution >= 4 is 21.8 Å². The summed E-state index contributed by atoms with van der Waals surface area (Å²) >= 11 is 0. The number of unbranched alkanes of at least 4 members (excludes halogenated alkanes) is 1. The fraction of sp³-hybridized carbons (Fsp3) is 0.333. The number of sulfonamides is 1. The van der Waals surface area contributed by atoms with Gasteiger partial charge in [-0.3, -0.25) is 4.79 Å². The molecule has 2 aromatic carbocycles. The summed E-state index contributed by atoms with van der Waals surface area (Å²) in [7, 11) is -3.97. The molecule has 28 heavy (non-hydrogen) atoms. The molecular weight excluding hydrogens is 378 g/mol. The molecule has 7 heteroatoms. The number of benzene rings is 2. The first-order chi connectivity index (χ1) is 13.1. The average Bonchev–Trinajstić information content (AvgIpc) is 2.65. The zero-order valence-electron chi connectivity index (χ0n) is 16.3. The molecule has 0 radical (unpaired) electrons. The summed E-state index contributed by atoms with van der Waals surface area (Å²) in [6, 6.07) is 9.91. The van der Waals surface area contributed by atoms with Crippen molar-refractivity contribution in [1.29, 1.82) is 0 Å². The van der Waals surface area contributed by atoms with Gasteiger partial charge < -0.3 is 4.74 Å². The third kappa shape index (κ3) is 5.50. The SMILES string of the molecule is CCCCc1ccc(C(=O)COC(=O)c2cc(C)c(C)c(S(N)(=O)=O)c2)cc1. The number of ketones is 1. The Hall–Kier alpha value is -2.51. The number of esters is 1. The van der Waals surface area contributed by atoms with Gasteiger partial charge in [-0.05, 0) is 55.5 Å². The van der Waals surface area contributed by atoms with Crippen molar-refractivity contribution in [2.24, 2.45) is 5.14 Å². The van der Waals surface area contributed by atoms with Gasteiger partial charge in [0.2, 0.25) is 10.0 Å². The first kappa shape index (κ1) is 21.8. The zero-order chi connectivity index (χ0) is 20.9. The normalized spacial score (nSPS) is 11.3. The van der Waals surface area contributed by atoms with Crippen LogP contribution in [0.4, 0.5) is 0 Å². The van der Waals surface area contributed by atoms with Crippen LogP contribution in [-0.2, 0) is 21.2 Å². The van der Waals surface area contributed by atoms with Gasteiger partial charge in [0.1, 0.15) is 0 Å². The van der Waals surface area contributed by atoms with E-state index in [0.717, 1.165) is 24.8 Å². The van der Waals surface area contributed by atoms with Crippen molar-refractivity contribution in [3.63, 3.8) is 0 Å². The quantitative estimate of drug-likeness (QED) is 0.538. The van der Waals surface area contributed by atoms with Gasteiger partial charge >= 0.3 is 5.97 Å². The van der Waals surface area contributed by atoms with Crippen LogP contribution in [0.5, 0.6) is 0 Å². The number of hydrogen-bond acceptors (Lipinski definition) is 5. The van der Waals surface area contributed by atoms with Gasteiger partial charge in [-0.25, -0.2) is 18.4 Å². The summed E-state index contributed by atoms with van der Waals surface area (Å²) in [6.45, 7) is 4.97. The monoisotopic (exact) mass is 403 g/mol. The summed E-state index contributed by atoms with van der Waals surface area (Å²) in [5, 5.41) is 5.20. The molecule has 2 N–H and O–H groups in total. The Morgan fingerprint density at radius 3 is 2.25 bits per heavy atom. The van der Waals surface area contributed by atoms with E-state index in [1.807, 2.05) is 12.1 Å². The van der Waals surface area contributed by atoms with Gasteiger partial charge in [-0.15, -0.1) is 0 Å². The van der Waals surface area contributed by atoms with Crippen LogP contribution in [0.3, 0.4) is 0 Å². The average molecular weight is 404 g/mol. The summed E-state index contributed by atoms with van der Waals surface area (Å²) in [4.78, 5) is 24.4. The molecular formula is C21H25NO5S. The van der Waals surface area contributed by atoms with Gasteiger partial charge in [-0.2, -0.15) is 0 Å². The molecule has 0 aromatic heterocycles. The number of hydrogen-bond donors (Lipinski definition) is 1. The highest BCUT2D eigenvalue weighted by molar-refractivity contribution is 7.89. The van der Waals surface area contributed by atoms with Crippen molar-refractivity contribution in [1.82, 2.24) is 0 Å². The molecule has 0 saturated carbocycles. The van der Waals surface area contributed by atoms with Crippen molar-refractivity contribution in [2.75, 3.05) is 6.61 Å². The Bertz CT molecular complexity index is 979. The predicted molar refractivity (Wildman–Crippen MR) is 107 cm³/mol. The van der Waals surface area contributed by atoms with E-state index in [1.54, 1.807) is 26.0 Å². The fourth-order valence-corrected chi connectivity index (χ4v) is 3.66. The zero-order valence-corrected chi connectivity index (χ0v) is 17.1. The van der Waals surface area contributed by atoms with Crippen LogP contribution < -0.4 is 5.14 Å². The van der Waals surface area contributed by atoms with Crippen LogP contribution in [0.2, 0.25) is 0 Å². The Morgan fingerprint density at radius 2 is 1.68 bits per heavy atom. The van der Waals surface area contributed by atoms with Gasteiger partial charge in [0.25, 0.3) is 0 Å². The minimum absolute atomic E-state index is 0.0369. The molecule has 150 valence electrons. The van der Waals surface area contributed by atoms with Gasteiger partial charge in [-0.1, -0.05) is 37.6 Å². The Morgan fingerprint density at radius 1 is 1.04 bits per heavy atom. The minimum Gasteiger partial charge on any atom is -0.454 e. The maximum atomic E-state index is 12.3. The van der Waals surface area contributed by atoms with Gasteiger partial charge in [0.05, 0.1) is 10.5 Å². The van der Waals surface area contributed by atoms with Crippen LogP contribution in [0.1, 0.15) is 57.2 Å². The van der Waals surface area contributed by atoms with E-state index in [9.17, 15) is 18.0 Å². The molecule has 0 bridgehead atoms. The molecule has 0 heterocycles. The molecule has 2 rings (SSSR count). The molecule has 2 aromatic rings. The second-order valence-corrected chi connectivity index (χ2v) is 8.29. The number of aryl methyl sites for hydroxylation is 2. The molecule has 0 aliphatic rings. The third-order valence-electron chi connectivity index (χ3n) is 4.59. The number of primary sulfonamides is 1. The van der Waals surface area contributed by atoms with Crippen LogP contribution in [0.15, 0.2) is 41.3 Å².